The summed E-state index contributed by atoms with van der Waals surface area (Å²) in [7, 11) is 3.47. The van der Waals surface area contributed by atoms with E-state index in [1.807, 2.05) is 11.6 Å². The Labute approximate surface area is 145 Å². The van der Waals surface area contributed by atoms with Gasteiger partial charge < -0.3 is 15.5 Å². The molecule has 136 valence electrons. The van der Waals surface area contributed by atoms with E-state index in [1.54, 1.807) is 19.0 Å². The van der Waals surface area contributed by atoms with E-state index in [-0.39, 0.29) is 12.5 Å². The van der Waals surface area contributed by atoms with Crippen LogP contribution >= 0.6 is 0 Å². The second kappa shape index (κ2) is 9.95. The van der Waals surface area contributed by atoms with Crippen molar-refractivity contribution in [3.8, 4) is 0 Å². The monoisotopic (exact) mass is 336 g/mol. The number of nitrogens with one attached hydrogen (secondary N) is 2. The molecule has 0 bridgehead atoms. The molecule has 0 aliphatic heterocycles. The van der Waals surface area contributed by atoms with Crippen LogP contribution in [0.3, 0.4) is 0 Å². The van der Waals surface area contributed by atoms with Crippen molar-refractivity contribution in [1.82, 2.24) is 25.3 Å². The molecule has 0 radical (unpaired) electrons. The number of aliphatic imine (C=N–C) groups is 1. The van der Waals surface area contributed by atoms with Gasteiger partial charge in [0.05, 0.1) is 5.69 Å². The minimum absolute atomic E-state index is 0.0108. The first-order chi connectivity index (χ1) is 11.3. The second-order valence-electron chi connectivity index (χ2n) is 6.66. The molecule has 24 heavy (non-hydrogen) atoms. The van der Waals surface area contributed by atoms with E-state index in [0.717, 1.165) is 31.7 Å². The molecule has 0 saturated heterocycles. The normalized spacial score (nSPS) is 11.7. The van der Waals surface area contributed by atoms with Crippen molar-refractivity contribution in [3.05, 3.63) is 17.5 Å². The van der Waals surface area contributed by atoms with Crippen LogP contribution in [0.5, 0.6) is 0 Å². The summed E-state index contributed by atoms with van der Waals surface area (Å²) in [5.41, 5.74) is 2.22. The average Bonchev–Trinajstić information content (AvgIpc) is 2.82. The van der Waals surface area contributed by atoms with Crippen molar-refractivity contribution >= 4 is 11.9 Å². The Morgan fingerprint density at radius 2 is 2.04 bits per heavy atom. The van der Waals surface area contributed by atoms with Crippen LogP contribution in [0.15, 0.2) is 11.1 Å². The van der Waals surface area contributed by atoms with Crippen molar-refractivity contribution in [2.75, 3.05) is 33.7 Å². The number of rotatable bonds is 8. The lowest BCUT2D eigenvalue weighted by Gasteiger charge is -2.15. The lowest BCUT2D eigenvalue weighted by molar-refractivity contribution is -0.127. The standard InChI is InChI=1S/C17H32N6O/c1-13(2)11-19-17(20-12-16(24)22(5)6)18-8-7-9-23-15(4)10-14(3)21-23/h10,13H,7-9,11-12H2,1-6H3,(H2,18,19,20). The first-order valence-corrected chi connectivity index (χ1v) is 8.53. The van der Waals surface area contributed by atoms with Crippen molar-refractivity contribution in [2.45, 2.75) is 40.7 Å². The van der Waals surface area contributed by atoms with E-state index < -0.39 is 0 Å². The largest absolute Gasteiger partial charge is 0.356 e. The van der Waals surface area contributed by atoms with Gasteiger partial charge in [-0.3, -0.25) is 9.48 Å². The Kier molecular flexibility index (Phi) is 8.29. The number of carbonyl (C=O) groups excluding carboxylic acids is 1. The van der Waals surface area contributed by atoms with Gasteiger partial charge in [-0.05, 0) is 32.3 Å². The molecule has 0 unspecified atom stereocenters. The number of likely N-dealkylation sites (N-methyl/N-ethyl adjacent to an activating group) is 1. The summed E-state index contributed by atoms with van der Waals surface area (Å²) in [4.78, 5) is 17.6. The van der Waals surface area contributed by atoms with Crippen molar-refractivity contribution < 1.29 is 4.79 Å². The predicted molar refractivity (Wildman–Crippen MR) is 98.2 cm³/mol. The highest BCUT2D eigenvalue weighted by Crippen LogP contribution is 2.02. The van der Waals surface area contributed by atoms with Gasteiger partial charge in [0.2, 0.25) is 5.91 Å². The molecule has 0 aliphatic rings. The number of hydrogen-bond acceptors (Lipinski definition) is 3. The molecular weight excluding hydrogens is 304 g/mol. The molecule has 2 N–H and O–H groups in total. The van der Waals surface area contributed by atoms with E-state index in [9.17, 15) is 4.79 Å². The number of guanidine groups is 1. The summed E-state index contributed by atoms with van der Waals surface area (Å²) < 4.78 is 2.02. The van der Waals surface area contributed by atoms with Gasteiger partial charge in [0.25, 0.3) is 0 Å². The summed E-state index contributed by atoms with van der Waals surface area (Å²) in [6, 6.07) is 2.08. The molecule has 1 amide bonds. The van der Waals surface area contributed by atoms with Crippen molar-refractivity contribution in [1.29, 1.82) is 0 Å². The number of amides is 1. The van der Waals surface area contributed by atoms with Gasteiger partial charge in [0.15, 0.2) is 5.96 Å². The van der Waals surface area contributed by atoms with Crippen LogP contribution in [0.25, 0.3) is 0 Å². The summed E-state index contributed by atoms with van der Waals surface area (Å²) in [5.74, 6) is 1.19. The Balaban J connectivity index is 2.47. The number of carbonyl (C=O) groups is 1. The van der Waals surface area contributed by atoms with Crippen molar-refractivity contribution in [3.63, 3.8) is 0 Å². The molecular formula is C17H32N6O. The maximum absolute atomic E-state index is 11.7. The molecule has 1 rings (SSSR count). The van der Waals surface area contributed by atoms with Gasteiger partial charge in [0, 0.05) is 39.4 Å². The summed E-state index contributed by atoms with van der Waals surface area (Å²) in [6.45, 7) is 11.0. The Bertz CT molecular complexity index is 547. The van der Waals surface area contributed by atoms with E-state index >= 15 is 0 Å². The molecule has 0 aromatic carbocycles. The van der Waals surface area contributed by atoms with Crippen LogP contribution in [0, 0.1) is 19.8 Å². The van der Waals surface area contributed by atoms with Crippen LogP contribution in [-0.4, -0.2) is 60.3 Å². The van der Waals surface area contributed by atoms with Crippen LogP contribution < -0.4 is 10.6 Å². The van der Waals surface area contributed by atoms with E-state index in [1.165, 1.54) is 5.69 Å². The van der Waals surface area contributed by atoms with Gasteiger partial charge in [-0.1, -0.05) is 13.8 Å². The van der Waals surface area contributed by atoms with Crippen LogP contribution in [-0.2, 0) is 11.3 Å². The van der Waals surface area contributed by atoms with E-state index in [0.29, 0.717) is 11.9 Å². The highest BCUT2D eigenvalue weighted by Gasteiger charge is 2.05. The molecule has 7 nitrogen and oxygen atoms in total. The maximum atomic E-state index is 11.7. The second-order valence-corrected chi connectivity index (χ2v) is 6.66. The number of aryl methyl sites for hydroxylation is 3. The SMILES string of the molecule is Cc1cc(C)n(CCCNC(=NCC(=O)N(C)C)NCC(C)C)n1. The highest BCUT2D eigenvalue weighted by molar-refractivity contribution is 5.84. The summed E-state index contributed by atoms with van der Waals surface area (Å²) >= 11 is 0. The van der Waals surface area contributed by atoms with Gasteiger partial charge in [0.1, 0.15) is 6.54 Å². The lowest BCUT2D eigenvalue weighted by atomic mass is 10.2. The van der Waals surface area contributed by atoms with Crippen LogP contribution in [0.2, 0.25) is 0 Å². The molecule has 0 spiro atoms. The number of nitrogens with zero attached hydrogens (tertiary/aromatic N) is 4. The minimum Gasteiger partial charge on any atom is -0.356 e. The fourth-order valence-electron chi connectivity index (χ4n) is 2.10. The Morgan fingerprint density at radius 3 is 2.58 bits per heavy atom. The maximum Gasteiger partial charge on any atom is 0.243 e. The Hall–Kier alpha value is -2.05. The van der Waals surface area contributed by atoms with Gasteiger partial charge >= 0.3 is 0 Å². The zero-order valence-electron chi connectivity index (χ0n) is 15.9. The molecule has 7 heteroatoms. The minimum atomic E-state index is -0.0108. The predicted octanol–water partition coefficient (Wildman–Crippen LogP) is 1.17. The van der Waals surface area contributed by atoms with Crippen LogP contribution in [0.4, 0.5) is 0 Å². The molecule has 0 fully saturated rings. The third kappa shape index (κ3) is 7.48. The quantitative estimate of drug-likeness (QED) is 0.424. The van der Waals surface area contributed by atoms with Gasteiger partial charge in [-0.15, -0.1) is 0 Å². The third-order valence-electron chi connectivity index (χ3n) is 3.49. The number of hydrogen-bond donors (Lipinski definition) is 2. The zero-order valence-corrected chi connectivity index (χ0v) is 15.9. The van der Waals surface area contributed by atoms with Crippen LogP contribution in [0.1, 0.15) is 31.7 Å². The summed E-state index contributed by atoms with van der Waals surface area (Å²) in [6.07, 6.45) is 0.936. The first-order valence-electron chi connectivity index (χ1n) is 8.53. The smallest absolute Gasteiger partial charge is 0.243 e. The topological polar surface area (TPSA) is 74.6 Å². The van der Waals surface area contributed by atoms with Crippen molar-refractivity contribution in [2.24, 2.45) is 10.9 Å². The van der Waals surface area contributed by atoms with E-state index in [4.69, 9.17) is 0 Å². The van der Waals surface area contributed by atoms with Gasteiger partial charge in [-0.2, -0.15) is 5.10 Å². The fourth-order valence-corrected chi connectivity index (χ4v) is 2.10. The average molecular weight is 336 g/mol. The molecule has 1 heterocycles. The highest BCUT2D eigenvalue weighted by atomic mass is 16.2. The number of aromatic nitrogens is 2. The fraction of sp³-hybridized carbons (Fsp3) is 0.706. The molecule has 0 saturated carbocycles. The van der Waals surface area contributed by atoms with Gasteiger partial charge in [-0.25, -0.2) is 4.99 Å². The molecule has 1 aromatic rings. The molecule has 0 atom stereocenters. The Morgan fingerprint density at radius 1 is 1.33 bits per heavy atom. The first kappa shape index (κ1) is 20.0. The summed E-state index contributed by atoms with van der Waals surface area (Å²) in [5, 5.41) is 11.0. The molecule has 0 aliphatic carbocycles. The third-order valence-corrected chi connectivity index (χ3v) is 3.49. The lowest BCUT2D eigenvalue weighted by Crippen LogP contribution is -2.40. The van der Waals surface area contributed by atoms with E-state index in [2.05, 4.69) is 47.6 Å². The zero-order chi connectivity index (χ0) is 18.1. The molecule has 1 aromatic heterocycles.